The molecule has 0 aliphatic rings. The number of non-ortho nitro benzene ring substituents is 1. The van der Waals surface area contributed by atoms with Crippen molar-refractivity contribution in [3.8, 4) is 11.3 Å². The van der Waals surface area contributed by atoms with Crippen LogP contribution in [0.1, 0.15) is 27.0 Å². The summed E-state index contributed by atoms with van der Waals surface area (Å²) in [6.45, 7) is 5.89. The van der Waals surface area contributed by atoms with Gasteiger partial charge in [0.25, 0.3) is 11.6 Å². The molecule has 0 atom stereocenters. The Labute approximate surface area is 179 Å². The van der Waals surface area contributed by atoms with Gasteiger partial charge >= 0.3 is 0 Å². The number of nitrogens with one attached hydrogen (secondary N) is 1. The molecule has 0 bridgehead atoms. The van der Waals surface area contributed by atoms with Gasteiger partial charge in [0.15, 0.2) is 0 Å². The number of hydrogen-bond donors (Lipinski definition) is 1. The number of hydrogen-bond acceptors (Lipinski definition) is 4. The number of nitro benzene ring substituents is 1. The van der Waals surface area contributed by atoms with Crippen LogP contribution in [0.5, 0.6) is 0 Å². The SMILES string of the molecule is Cc1ccc(-c2cc(C(=O)Nc3cc([N+](=O)[O-])ccc3C)c3ccccc3n2)cc1C. The first kappa shape index (κ1) is 20.2. The maximum absolute atomic E-state index is 13.3. The van der Waals surface area contributed by atoms with Crippen LogP contribution in [0.3, 0.4) is 0 Å². The third kappa shape index (κ3) is 4.00. The number of benzene rings is 3. The molecule has 0 saturated carbocycles. The molecule has 1 N–H and O–H groups in total. The molecule has 4 rings (SSSR count). The Morgan fingerprint density at radius 3 is 2.39 bits per heavy atom. The maximum Gasteiger partial charge on any atom is 0.271 e. The third-order valence-corrected chi connectivity index (χ3v) is 5.44. The highest BCUT2D eigenvalue weighted by Gasteiger charge is 2.17. The van der Waals surface area contributed by atoms with E-state index in [2.05, 4.69) is 11.4 Å². The van der Waals surface area contributed by atoms with Crippen molar-refractivity contribution >= 4 is 28.2 Å². The molecular weight excluding hydrogens is 390 g/mol. The normalized spacial score (nSPS) is 10.8. The predicted octanol–water partition coefficient (Wildman–Crippen LogP) is 5.99. The van der Waals surface area contributed by atoms with Crippen molar-refractivity contribution in [2.24, 2.45) is 0 Å². The molecule has 0 spiro atoms. The van der Waals surface area contributed by atoms with Crippen LogP contribution in [0.25, 0.3) is 22.2 Å². The van der Waals surface area contributed by atoms with E-state index in [1.807, 2.05) is 50.2 Å². The number of nitro groups is 1. The van der Waals surface area contributed by atoms with E-state index >= 15 is 0 Å². The van der Waals surface area contributed by atoms with Gasteiger partial charge in [-0.3, -0.25) is 14.9 Å². The highest BCUT2D eigenvalue weighted by atomic mass is 16.6. The number of anilines is 1. The third-order valence-electron chi connectivity index (χ3n) is 5.44. The molecule has 4 aromatic rings. The number of carbonyl (C=O) groups is 1. The van der Waals surface area contributed by atoms with E-state index < -0.39 is 4.92 Å². The van der Waals surface area contributed by atoms with E-state index in [1.54, 1.807) is 19.1 Å². The minimum absolute atomic E-state index is 0.0729. The van der Waals surface area contributed by atoms with Crippen molar-refractivity contribution in [3.05, 3.63) is 99.1 Å². The fraction of sp³-hybridized carbons (Fsp3) is 0.120. The van der Waals surface area contributed by atoms with Crippen LogP contribution < -0.4 is 5.32 Å². The number of rotatable bonds is 4. The average molecular weight is 411 g/mol. The molecule has 0 unspecified atom stereocenters. The van der Waals surface area contributed by atoms with Crippen molar-refractivity contribution < 1.29 is 9.72 Å². The number of aromatic nitrogens is 1. The molecule has 1 aromatic heterocycles. The first-order chi connectivity index (χ1) is 14.8. The molecule has 1 amide bonds. The Hall–Kier alpha value is -4.06. The van der Waals surface area contributed by atoms with E-state index in [0.717, 1.165) is 22.1 Å². The summed E-state index contributed by atoms with van der Waals surface area (Å²) >= 11 is 0. The quantitative estimate of drug-likeness (QED) is 0.330. The van der Waals surface area contributed by atoms with Crippen molar-refractivity contribution in [2.45, 2.75) is 20.8 Å². The highest BCUT2D eigenvalue weighted by Crippen LogP contribution is 2.28. The summed E-state index contributed by atoms with van der Waals surface area (Å²) in [5, 5.41) is 14.7. The topological polar surface area (TPSA) is 85.1 Å². The van der Waals surface area contributed by atoms with Crippen molar-refractivity contribution in [2.75, 3.05) is 5.32 Å². The number of aryl methyl sites for hydroxylation is 3. The predicted molar refractivity (Wildman–Crippen MR) is 122 cm³/mol. The number of fused-ring (bicyclic) bond motifs is 1. The Morgan fingerprint density at radius 2 is 1.65 bits per heavy atom. The van der Waals surface area contributed by atoms with Crippen LogP contribution in [0.2, 0.25) is 0 Å². The minimum Gasteiger partial charge on any atom is -0.321 e. The molecule has 0 aliphatic carbocycles. The van der Waals surface area contributed by atoms with Gasteiger partial charge in [-0.1, -0.05) is 36.4 Å². The van der Waals surface area contributed by atoms with Gasteiger partial charge in [0, 0.05) is 23.1 Å². The van der Waals surface area contributed by atoms with E-state index in [-0.39, 0.29) is 11.6 Å². The van der Waals surface area contributed by atoms with Crippen molar-refractivity contribution in [1.29, 1.82) is 0 Å². The molecule has 0 fully saturated rings. The zero-order valence-corrected chi connectivity index (χ0v) is 17.5. The van der Waals surface area contributed by atoms with Crippen molar-refractivity contribution in [1.82, 2.24) is 4.98 Å². The lowest BCUT2D eigenvalue weighted by Crippen LogP contribution is -2.14. The fourth-order valence-electron chi connectivity index (χ4n) is 3.46. The van der Waals surface area contributed by atoms with Crippen LogP contribution in [-0.4, -0.2) is 15.8 Å². The number of carbonyl (C=O) groups excluding carboxylic acids is 1. The Bertz CT molecular complexity index is 1350. The lowest BCUT2D eigenvalue weighted by atomic mass is 10.0. The second-order valence-electron chi connectivity index (χ2n) is 7.58. The fourth-order valence-corrected chi connectivity index (χ4v) is 3.46. The molecule has 1 heterocycles. The zero-order valence-electron chi connectivity index (χ0n) is 17.5. The summed E-state index contributed by atoms with van der Waals surface area (Å²) in [6.07, 6.45) is 0. The minimum atomic E-state index is -0.477. The second-order valence-corrected chi connectivity index (χ2v) is 7.58. The average Bonchev–Trinajstić information content (AvgIpc) is 2.76. The van der Waals surface area contributed by atoms with Crippen LogP contribution in [0, 0.1) is 30.9 Å². The first-order valence-corrected chi connectivity index (χ1v) is 9.87. The molecule has 6 heteroatoms. The van der Waals surface area contributed by atoms with Crippen LogP contribution in [-0.2, 0) is 0 Å². The van der Waals surface area contributed by atoms with Gasteiger partial charge in [0.1, 0.15) is 0 Å². The summed E-state index contributed by atoms with van der Waals surface area (Å²) < 4.78 is 0. The number of nitrogens with zero attached hydrogens (tertiary/aromatic N) is 2. The van der Waals surface area contributed by atoms with Gasteiger partial charge in [0.05, 0.1) is 27.4 Å². The van der Waals surface area contributed by atoms with E-state index in [4.69, 9.17) is 4.98 Å². The summed E-state index contributed by atoms with van der Waals surface area (Å²) in [5.74, 6) is -0.340. The Balaban J connectivity index is 1.81. The van der Waals surface area contributed by atoms with Gasteiger partial charge < -0.3 is 5.32 Å². The number of para-hydroxylation sites is 1. The molecule has 0 radical (unpaired) electrons. The second kappa shape index (κ2) is 7.99. The summed E-state index contributed by atoms with van der Waals surface area (Å²) in [6, 6.07) is 19.7. The van der Waals surface area contributed by atoms with Gasteiger partial charge in [-0.25, -0.2) is 4.98 Å². The zero-order chi connectivity index (χ0) is 22.1. The van der Waals surface area contributed by atoms with E-state index in [0.29, 0.717) is 22.5 Å². The summed E-state index contributed by atoms with van der Waals surface area (Å²) in [7, 11) is 0. The lowest BCUT2D eigenvalue weighted by molar-refractivity contribution is -0.384. The molecule has 31 heavy (non-hydrogen) atoms. The molecule has 3 aromatic carbocycles. The lowest BCUT2D eigenvalue weighted by Gasteiger charge is -2.12. The Kier molecular flexibility index (Phi) is 5.21. The Morgan fingerprint density at radius 1 is 0.903 bits per heavy atom. The highest BCUT2D eigenvalue weighted by molar-refractivity contribution is 6.13. The van der Waals surface area contributed by atoms with Gasteiger partial charge in [-0.2, -0.15) is 0 Å². The molecular formula is C25H21N3O3. The number of pyridine rings is 1. The molecule has 0 saturated heterocycles. The molecule has 0 aliphatic heterocycles. The monoisotopic (exact) mass is 411 g/mol. The summed E-state index contributed by atoms with van der Waals surface area (Å²) in [5.41, 5.74) is 6.20. The number of amides is 1. The van der Waals surface area contributed by atoms with Gasteiger partial charge in [-0.15, -0.1) is 0 Å². The van der Waals surface area contributed by atoms with Gasteiger partial charge in [0.2, 0.25) is 0 Å². The van der Waals surface area contributed by atoms with Crippen LogP contribution in [0.15, 0.2) is 66.7 Å². The van der Waals surface area contributed by atoms with Crippen LogP contribution in [0.4, 0.5) is 11.4 Å². The first-order valence-electron chi connectivity index (χ1n) is 9.87. The molecule has 6 nitrogen and oxygen atoms in total. The maximum atomic E-state index is 13.3. The smallest absolute Gasteiger partial charge is 0.271 e. The van der Waals surface area contributed by atoms with Gasteiger partial charge in [-0.05, 0) is 55.7 Å². The summed E-state index contributed by atoms with van der Waals surface area (Å²) in [4.78, 5) is 28.7. The van der Waals surface area contributed by atoms with Crippen molar-refractivity contribution in [3.63, 3.8) is 0 Å². The largest absolute Gasteiger partial charge is 0.321 e. The van der Waals surface area contributed by atoms with E-state index in [1.165, 1.54) is 17.7 Å². The molecule has 154 valence electrons. The standard InChI is InChI=1S/C25H21N3O3/c1-15-8-10-18(12-17(15)3)24-14-21(20-6-4-5-7-22(20)26-24)25(29)27-23-13-19(28(30)31)11-9-16(23)2/h4-14H,1-3H3,(H,27,29). The van der Waals surface area contributed by atoms with E-state index in [9.17, 15) is 14.9 Å². The van der Waals surface area contributed by atoms with Crippen LogP contribution >= 0.6 is 0 Å².